The van der Waals surface area contributed by atoms with Gasteiger partial charge in [-0.25, -0.2) is 9.79 Å². The molecule has 28 heavy (non-hydrogen) atoms. The number of aryl methyl sites for hydroxylation is 2. The quantitative estimate of drug-likeness (QED) is 0.468. The van der Waals surface area contributed by atoms with Gasteiger partial charge in [0, 0.05) is 12.8 Å². The standard InChI is InChI=1S/C19H21N5O2S2/c1-13-6-5-7-17(24-19(25)23(2)21-22-24)16(13)12-28-18(27-4)20-14-8-10-15(26-3)11-9-14/h5-11H,12H2,1-4H3/b20-18+. The van der Waals surface area contributed by atoms with Crippen LogP contribution in [-0.4, -0.2) is 37.5 Å². The number of thioether (sulfide) groups is 2. The summed E-state index contributed by atoms with van der Waals surface area (Å²) in [5, 5.41) is 7.80. The predicted octanol–water partition coefficient (Wildman–Crippen LogP) is 3.57. The SMILES string of the molecule is COc1ccc(/N=C(\SC)SCc2c(C)cccc2-n2nnn(C)c2=O)cc1. The summed E-state index contributed by atoms with van der Waals surface area (Å²) in [6.07, 6.45) is 2.00. The van der Waals surface area contributed by atoms with E-state index in [0.29, 0.717) is 5.75 Å². The summed E-state index contributed by atoms with van der Waals surface area (Å²) in [6, 6.07) is 13.5. The Balaban J connectivity index is 1.85. The highest BCUT2D eigenvalue weighted by atomic mass is 32.2. The zero-order valence-electron chi connectivity index (χ0n) is 16.1. The fourth-order valence-electron chi connectivity index (χ4n) is 2.57. The highest BCUT2D eigenvalue weighted by Crippen LogP contribution is 2.28. The van der Waals surface area contributed by atoms with Gasteiger partial charge < -0.3 is 4.74 Å². The minimum absolute atomic E-state index is 0.270. The zero-order chi connectivity index (χ0) is 20.1. The van der Waals surface area contributed by atoms with Crippen molar-refractivity contribution in [3.63, 3.8) is 0 Å². The van der Waals surface area contributed by atoms with Gasteiger partial charge in [-0.2, -0.15) is 9.36 Å². The fraction of sp³-hybridized carbons (Fsp3) is 0.263. The van der Waals surface area contributed by atoms with E-state index in [0.717, 1.165) is 32.6 Å². The van der Waals surface area contributed by atoms with E-state index in [-0.39, 0.29) is 5.69 Å². The largest absolute Gasteiger partial charge is 0.497 e. The Hall–Kier alpha value is -2.52. The Morgan fingerprint density at radius 2 is 1.93 bits per heavy atom. The minimum Gasteiger partial charge on any atom is -0.497 e. The molecule has 3 rings (SSSR count). The third kappa shape index (κ3) is 4.48. The molecule has 0 fully saturated rings. The number of tetrazole rings is 1. The number of methoxy groups -OCH3 is 1. The molecular weight excluding hydrogens is 394 g/mol. The maximum atomic E-state index is 12.3. The molecule has 0 radical (unpaired) electrons. The molecular formula is C19H21N5O2S2. The molecule has 0 unspecified atom stereocenters. The van der Waals surface area contributed by atoms with Crippen molar-refractivity contribution in [1.82, 2.24) is 19.8 Å². The molecule has 0 aliphatic heterocycles. The van der Waals surface area contributed by atoms with Gasteiger partial charge in [0.15, 0.2) is 0 Å². The summed E-state index contributed by atoms with van der Waals surface area (Å²) in [7, 11) is 3.23. The normalized spacial score (nSPS) is 11.6. The van der Waals surface area contributed by atoms with Gasteiger partial charge in [0.1, 0.15) is 10.1 Å². The van der Waals surface area contributed by atoms with E-state index in [1.54, 1.807) is 37.7 Å². The smallest absolute Gasteiger partial charge is 0.368 e. The van der Waals surface area contributed by atoms with Crippen molar-refractivity contribution in [2.75, 3.05) is 13.4 Å². The molecule has 3 aromatic rings. The topological polar surface area (TPSA) is 74.3 Å². The molecule has 0 aliphatic rings. The summed E-state index contributed by atoms with van der Waals surface area (Å²) in [5.41, 5.74) is 3.47. The Morgan fingerprint density at radius 1 is 1.18 bits per heavy atom. The average Bonchev–Trinajstić information content (AvgIpc) is 3.04. The molecule has 1 heterocycles. The lowest BCUT2D eigenvalue weighted by Crippen LogP contribution is -2.23. The Morgan fingerprint density at radius 3 is 2.54 bits per heavy atom. The van der Waals surface area contributed by atoms with Gasteiger partial charge in [-0.1, -0.05) is 23.9 Å². The summed E-state index contributed by atoms with van der Waals surface area (Å²) in [4.78, 5) is 17.0. The van der Waals surface area contributed by atoms with Crippen molar-refractivity contribution >= 4 is 33.6 Å². The van der Waals surface area contributed by atoms with E-state index >= 15 is 0 Å². The second-order valence-electron chi connectivity index (χ2n) is 5.94. The maximum absolute atomic E-state index is 12.3. The van der Waals surface area contributed by atoms with Crippen LogP contribution in [0.4, 0.5) is 5.69 Å². The molecule has 0 saturated carbocycles. The van der Waals surface area contributed by atoms with Crippen molar-refractivity contribution in [1.29, 1.82) is 0 Å². The van der Waals surface area contributed by atoms with Gasteiger partial charge in [-0.15, -0.1) is 11.8 Å². The lowest BCUT2D eigenvalue weighted by atomic mass is 10.1. The molecule has 0 spiro atoms. The second kappa shape index (κ2) is 9.11. The molecule has 0 atom stereocenters. The molecule has 9 heteroatoms. The number of hydrogen-bond donors (Lipinski definition) is 0. The maximum Gasteiger partial charge on any atom is 0.368 e. The van der Waals surface area contributed by atoms with Crippen LogP contribution >= 0.6 is 23.5 Å². The average molecular weight is 416 g/mol. The number of rotatable bonds is 5. The van der Waals surface area contributed by atoms with Crippen LogP contribution in [0.25, 0.3) is 5.69 Å². The Kier molecular flexibility index (Phi) is 6.58. The van der Waals surface area contributed by atoms with Crippen LogP contribution < -0.4 is 10.4 Å². The monoisotopic (exact) mass is 415 g/mol. The zero-order valence-corrected chi connectivity index (χ0v) is 17.8. The van der Waals surface area contributed by atoms with Crippen LogP contribution in [0.1, 0.15) is 11.1 Å². The fourth-order valence-corrected chi connectivity index (χ4v) is 4.23. The molecule has 0 amide bonds. The van der Waals surface area contributed by atoms with Gasteiger partial charge in [0.05, 0.1) is 18.5 Å². The van der Waals surface area contributed by atoms with Gasteiger partial charge in [-0.3, -0.25) is 0 Å². The highest BCUT2D eigenvalue weighted by Gasteiger charge is 2.14. The number of aromatic nitrogens is 4. The number of hydrogen-bond acceptors (Lipinski definition) is 7. The van der Waals surface area contributed by atoms with E-state index in [1.165, 1.54) is 9.36 Å². The van der Waals surface area contributed by atoms with Gasteiger partial charge in [0.2, 0.25) is 0 Å². The number of ether oxygens (including phenoxy) is 1. The van der Waals surface area contributed by atoms with E-state index in [4.69, 9.17) is 9.73 Å². The first-order valence-corrected chi connectivity index (χ1v) is 10.7. The lowest BCUT2D eigenvalue weighted by Gasteiger charge is -2.11. The van der Waals surface area contributed by atoms with Crippen molar-refractivity contribution < 1.29 is 4.74 Å². The molecule has 0 saturated heterocycles. The van der Waals surface area contributed by atoms with Crippen molar-refractivity contribution in [3.8, 4) is 11.4 Å². The lowest BCUT2D eigenvalue weighted by molar-refractivity contribution is 0.415. The van der Waals surface area contributed by atoms with Crippen molar-refractivity contribution in [2.45, 2.75) is 12.7 Å². The van der Waals surface area contributed by atoms with Crippen LogP contribution in [0.15, 0.2) is 52.3 Å². The summed E-state index contributed by atoms with van der Waals surface area (Å²) in [5.74, 6) is 1.47. The first-order chi connectivity index (χ1) is 13.5. The number of nitrogens with zero attached hydrogens (tertiary/aromatic N) is 5. The first-order valence-electron chi connectivity index (χ1n) is 8.51. The van der Waals surface area contributed by atoms with Crippen molar-refractivity contribution in [3.05, 3.63) is 64.1 Å². The third-order valence-corrected chi connectivity index (χ3v) is 6.21. The molecule has 146 valence electrons. The molecule has 7 nitrogen and oxygen atoms in total. The van der Waals surface area contributed by atoms with Crippen molar-refractivity contribution in [2.24, 2.45) is 12.0 Å². The second-order valence-corrected chi connectivity index (χ2v) is 7.96. The summed E-state index contributed by atoms with van der Waals surface area (Å²) in [6.45, 7) is 2.03. The minimum atomic E-state index is -0.270. The van der Waals surface area contributed by atoms with Gasteiger partial charge >= 0.3 is 5.69 Å². The molecule has 0 aliphatic carbocycles. The predicted molar refractivity (Wildman–Crippen MR) is 116 cm³/mol. The van der Waals surface area contributed by atoms with Crippen LogP contribution in [0.2, 0.25) is 0 Å². The number of aliphatic imine (C=N–C) groups is 1. The van der Waals surface area contributed by atoms with E-state index in [1.807, 2.05) is 55.6 Å². The van der Waals surface area contributed by atoms with E-state index in [9.17, 15) is 4.79 Å². The Bertz CT molecular complexity index is 1040. The first kappa shape index (κ1) is 20.2. The molecule has 1 aromatic heterocycles. The van der Waals surface area contributed by atoms with E-state index < -0.39 is 0 Å². The van der Waals surface area contributed by atoms with Crippen LogP contribution in [-0.2, 0) is 12.8 Å². The van der Waals surface area contributed by atoms with Gasteiger partial charge in [0.25, 0.3) is 0 Å². The Labute approximate surface area is 171 Å². The summed E-state index contributed by atoms with van der Waals surface area (Å²) < 4.78 is 8.68. The van der Waals surface area contributed by atoms with E-state index in [2.05, 4.69) is 10.4 Å². The molecule has 0 N–H and O–H groups in total. The number of benzene rings is 2. The third-order valence-electron chi connectivity index (χ3n) is 4.14. The van der Waals surface area contributed by atoms with Crippen LogP contribution in [0, 0.1) is 6.92 Å². The molecule has 0 bridgehead atoms. The van der Waals surface area contributed by atoms with Crippen LogP contribution in [0.3, 0.4) is 0 Å². The van der Waals surface area contributed by atoms with Gasteiger partial charge in [-0.05, 0) is 65.1 Å². The highest BCUT2D eigenvalue weighted by molar-refractivity contribution is 8.38. The summed E-state index contributed by atoms with van der Waals surface area (Å²) >= 11 is 3.22. The van der Waals surface area contributed by atoms with Crippen LogP contribution in [0.5, 0.6) is 5.75 Å². The molecule has 2 aromatic carbocycles.